The summed E-state index contributed by atoms with van der Waals surface area (Å²) in [4.78, 5) is 15.5. The van der Waals surface area contributed by atoms with E-state index in [0.29, 0.717) is 5.69 Å². The number of nitrogen functional groups attached to an aromatic ring is 1. The van der Waals surface area contributed by atoms with Crippen LogP contribution in [-0.4, -0.2) is 24.5 Å². The lowest BCUT2D eigenvalue weighted by Gasteiger charge is -2.12. The summed E-state index contributed by atoms with van der Waals surface area (Å²) in [7, 11) is 0. The molecule has 102 valence electrons. The van der Waals surface area contributed by atoms with Crippen molar-refractivity contribution in [1.82, 2.24) is 24.5 Å². The summed E-state index contributed by atoms with van der Waals surface area (Å²) in [5, 5.41) is 8.10. The van der Waals surface area contributed by atoms with Crippen LogP contribution in [0, 0.1) is 0 Å². The predicted octanol–water partition coefficient (Wildman–Crippen LogP) is 1.11. The number of anilines is 1. The second-order valence-corrected chi connectivity index (χ2v) is 5.04. The number of hydrogen-bond donors (Lipinski definition) is 1. The highest BCUT2D eigenvalue weighted by atomic mass is 16.1. The highest BCUT2D eigenvalue weighted by molar-refractivity contribution is 5.49. The first kappa shape index (κ1) is 13.3. The normalized spacial score (nSPS) is 11.5. The summed E-state index contributed by atoms with van der Waals surface area (Å²) in [6.07, 6.45) is 3.46. The van der Waals surface area contributed by atoms with Gasteiger partial charge < -0.3 is 5.73 Å². The summed E-state index contributed by atoms with van der Waals surface area (Å²) in [6.45, 7) is 7.88. The molecule has 7 heteroatoms. The van der Waals surface area contributed by atoms with Crippen molar-refractivity contribution in [2.45, 2.75) is 39.7 Å². The number of hydrogen-bond acceptors (Lipinski definition) is 5. The molecule has 2 rings (SSSR count). The molecule has 19 heavy (non-hydrogen) atoms. The van der Waals surface area contributed by atoms with Gasteiger partial charge in [-0.25, -0.2) is 9.48 Å². The third kappa shape index (κ3) is 2.49. The van der Waals surface area contributed by atoms with E-state index in [4.69, 9.17) is 5.73 Å². The van der Waals surface area contributed by atoms with Crippen molar-refractivity contribution in [2.75, 3.05) is 5.73 Å². The fourth-order valence-corrected chi connectivity index (χ4v) is 1.68. The zero-order valence-electron chi connectivity index (χ0n) is 11.5. The number of rotatable bonds is 3. The molecule has 0 radical (unpaired) electrons. The number of aromatic nitrogens is 5. The van der Waals surface area contributed by atoms with Crippen molar-refractivity contribution < 1.29 is 0 Å². The molecule has 7 nitrogen and oxygen atoms in total. The molecule has 0 aliphatic carbocycles. The Hall–Kier alpha value is -2.18. The van der Waals surface area contributed by atoms with Gasteiger partial charge in [-0.05, 0) is 19.8 Å². The van der Waals surface area contributed by atoms with Gasteiger partial charge in [-0.3, -0.25) is 4.57 Å². The molecule has 0 atom stereocenters. The van der Waals surface area contributed by atoms with Gasteiger partial charge >= 0.3 is 5.69 Å². The lowest BCUT2D eigenvalue weighted by molar-refractivity contribution is 0.560. The molecule has 2 aromatic heterocycles. The lowest BCUT2D eigenvalue weighted by Crippen LogP contribution is -2.26. The Bertz CT molecular complexity index is 640. The number of nitrogens with two attached hydrogens (primary N) is 1. The monoisotopic (exact) mass is 262 g/mol. The molecule has 0 spiro atoms. The molecule has 2 heterocycles. The van der Waals surface area contributed by atoms with Crippen LogP contribution in [0.3, 0.4) is 0 Å². The van der Waals surface area contributed by atoms with Crippen LogP contribution in [0.25, 0.3) is 5.69 Å². The van der Waals surface area contributed by atoms with Gasteiger partial charge in [-0.1, -0.05) is 19.1 Å². The third-order valence-electron chi connectivity index (χ3n) is 2.87. The van der Waals surface area contributed by atoms with Crippen LogP contribution in [0.1, 0.15) is 45.3 Å². The highest BCUT2D eigenvalue weighted by Gasteiger charge is 2.12. The van der Waals surface area contributed by atoms with Crippen molar-refractivity contribution in [3.8, 4) is 5.69 Å². The molecule has 0 aromatic carbocycles. The van der Waals surface area contributed by atoms with E-state index in [2.05, 4.69) is 15.3 Å². The van der Waals surface area contributed by atoms with Crippen molar-refractivity contribution in [2.24, 2.45) is 0 Å². The second-order valence-electron chi connectivity index (χ2n) is 5.04. The van der Waals surface area contributed by atoms with Crippen LogP contribution in [0.2, 0.25) is 0 Å². The standard InChI is InChI=1S/C12H18N6O/c1-7(2)9-5-18(16-15-9)10-6-17(8(3)4)12(19)14-11(10)13/h5-8H,1-4H3,(H2,13,14,19). The van der Waals surface area contributed by atoms with E-state index in [0.717, 1.165) is 5.69 Å². The first-order chi connectivity index (χ1) is 8.90. The lowest BCUT2D eigenvalue weighted by atomic mass is 10.2. The van der Waals surface area contributed by atoms with Gasteiger partial charge in [-0.2, -0.15) is 4.98 Å². The Balaban J connectivity index is 2.54. The quantitative estimate of drug-likeness (QED) is 0.894. The summed E-state index contributed by atoms with van der Waals surface area (Å²) in [5.74, 6) is 0.432. The van der Waals surface area contributed by atoms with Gasteiger partial charge in [-0.15, -0.1) is 5.10 Å². The molecule has 0 amide bonds. The predicted molar refractivity (Wildman–Crippen MR) is 72.3 cm³/mol. The van der Waals surface area contributed by atoms with Crippen LogP contribution in [0.4, 0.5) is 5.82 Å². The van der Waals surface area contributed by atoms with Crippen LogP contribution >= 0.6 is 0 Å². The zero-order chi connectivity index (χ0) is 14.2. The average Bonchev–Trinajstić information content (AvgIpc) is 2.77. The minimum Gasteiger partial charge on any atom is -0.382 e. The van der Waals surface area contributed by atoms with Crippen LogP contribution in [0.15, 0.2) is 17.2 Å². The van der Waals surface area contributed by atoms with E-state index in [-0.39, 0.29) is 23.5 Å². The Kier molecular flexibility index (Phi) is 3.37. The maximum Gasteiger partial charge on any atom is 0.349 e. The summed E-state index contributed by atoms with van der Waals surface area (Å²) < 4.78 is 3.07. The Morgan fingerprint density at radius 3 is 2.42 bits per heavy atom. The molecule has 0 saturated carbocycles. The Labute approximate surface area is 111 Å². The molecule has 2 aromatic rings. The van der Waals surface area contributed by atoms with Gasteiger partial charge in [0.15, 0.2) is 5.82 Å². The molecule has 0 bridgehead atoms. The SMILES string of the molecule is CC(C)c1cn(-c2cn(C(C)C)c(=O)nc2N)nn1. The smallest absolute Gasteiger partial charge is 0.349 e. The fraction of sp³-hybridized carbons (Fsp3) is 0.500. The Morgan fingerprint density at radius 1 is 1.21 bits per heavy atom. The maximum absolute atomic E-state index is 11.7. The highest BCUT2D eigenvalue weighted by Crippen LogP contribution is 2.16. The van der Waals surface area contributed by atoms with E-state index >= 15 is 0 Å². The molecule has 0 fully saturated rings. The average molecular weight is 262 g/mol. The molecular weight excluding hydrogens is 244 g/mol. The van der Waals surface area contributed by atoms with E-state index in [1.807, 2.05) is 27.7 Å². The summed E-state index contributed by atoms with van der Waals surface area (Å²) >= 11 is 0. The second kappa shape index (κ2) is 4.83. The van der Waals surface area contributed by atoms with Crippen molar-refractivity contribution in [1.29, 1.82) is 0 Å². The van der Waals surface area contributed by atoms with Gasteiger partial charge in [0.2, 0.25) is 0 Å². The van der Waals surface area contributed by atoms with E-state index in [9.17, 15) is 4.79 Å². The molecule has 0 unspecified atom stereocenters. The molecule has 0 aliphatic heterocycles. The minimum absolute atomic E-state index is 0.00689. The fourth-order valence-electron chi connectivity index (χ4n) is 1.68. The topological polar surface area (TPSA) is 91.6 Å². The van der Waals surface area contributed by atoms with Gasteiger partial charge in [0.05, 0.1) is 11.9 Å². The third-order valence-corrected chi connectivity index (χ3v) is 2.87. The van der Waals surface area contributed by atoms with Crippen LogP contribution < -0.4 is 11.4 Å². The van der Waals surface area contributed by atoms with E-state index in [1.54, 1.807) is 17.1 Å². The van der Waals surface area contributed by atoms with Crippen molar-refractivity contribution in [3.05, 3.63) is 28.6 Å². The van der Waals surface area contributed by atoms with Crippen molar-refractivity contribution >= 4 is 5.82 Å². The largest absolute Gasteiger partial charge is 0.382 e. The first-order valence-electron chi connectivity index (χ1n) is 6.21. The van der Waals surface area contributed by atoms with Crippen LogP contribution in [0.5, 0.6) is 0 Å². The summed E-state index contributed by atoms with van der Waals surface area (Å²) in [6, 6.07) is 0.00689. The summed E-state index contributed by atoms with van der Waals surface area (Å²) in [5.41, 5.74) is 6.86. The van der Waals surface area contributed by atoms with Gasteiger partial charge in [0, 0.05) is 12.2 Å². The van der Waals surface area contributed by atoms with Gasteiger partial charge in [0.1, 0.15) is 5.69 Å². The number of nitrogens with zero attached hydrogens (tertiary/aromatic N) is 5. The van der Waals surface area contributed by atoms with Gasteiger partial charge in [0.25, 0.3) is 0 Å². The first-order valence-corrected chi connectivity index (χ1v) is 6.21. The Morgan fingerprint density at radius 2 is 1.89 bits per heavy atom. The minimum atomic E-state index is -0.361. The van der Waals surface area contributed by atoms with Crippen molar-refractivity contribution in [3.63, 3.8) is 0 Å². The van der Waals surface area contributed by atoms with Crippen LogP contribution in [-0.2, 0) is 0 Å². The zero-order valence-corrected chi connectivity index (χ0v) is 11.5. The molecular formula is C12H18N6O. The maximum atomic E-state index is 11.7. The molecule has 2 N–H and O–H groups in total. The molecule has 0 saturated heterocycles. The van der Waals surface area contributed by atoms with E-state index in [1.165, 1.54) is 4.57 Å². The van der Waals surface area contributed by atoms with E-state index < -0.39 is 0 Å². The molecule has 0 aliphatic rings.